The van der Waals surface area contributed by atoms with Crippen LogP contribution in [0.2, 0.25) is 0 Å². The van der Waals surface area contributed by atoms with Crippen molar-refractivity contribution in [2.45, 2.75) is 0 Å². The molecular formula is C4H4O3SSn. The summed E-state index contributed by atoms with van der Waals surface area (Å²) in [4.78, 5) is 0. The maximum atomic E-state index is 10.1. The molecule has 1 rings (SSSR count). The van der Waals surface area contributed by atoms with Crippen LogP contribution in [0.3, 0.4) is 0 Å². The van der Waals surface area contributed by atoms with Gasteiger partial charge in [0, 0.05) is 0 Å². The monoisotopic (exact) mass is 252 g/mol. The maximum absolute atomic E-state index is 10.1. The number of thiophene rings is 1. The molecule has 1 N–H and O–H groups in total. The summed E-state index contributed by atoms with van der Waals surface area (Å²) in [6.07, 6.45) is 0. The van der Waals surface area contributed by atoms with Crippen LogP contribution in [0.15, 0.2) is 17.5 Å². The quantitative estimate of drug-likeness (QED) is 0.780. The van der Waals surface area contributed by atoms with Gasteiger partial charge in [-0.25, -0.2) is 0 Å². The van der Waals surface area contributed by atoms with E-state index in [9.17, 15) is 3.08 Å². The molecule has 0 aliphatic carbocycles. The van der Waals surface area contributed by atoms with Crippen LogP contribution < -0.4 is 3.07 Å². The molecule has 0 saturated carbocycles. The van der Waals surface area contributed by atoms with Crippen molar-refractivity contribution < 1.29 is 9.59 Å². The summed E-state index contributed by atoms with van der Waals surface area (Å²) >= 11 is -2.26. The van der Waals surface area contributed by atoms with Crippen LogP contribution in [0.5, 0.6) is 5.06 Å². The van der Waals surface area contributed by atoms with Gasteiger partial charge < -0.3 is 0 Å². The second-order valence-electron chi connectivity index (χ2n) is 1.30. The van der Waals surface area contributed by atoms with Crippen LogP contribution in [-0.2, 0) is 3.08 Å². The molecule has 0 fully saturated rings. The Labute approximate surface area is 64.1 Å². The van der Waals surface area contributed by atoms with Crippen LogP contribution >= 0.6 is 11.3 Å². The van der Waals surface area contributed by atoms with Crippen molar-refractivity contribution in [2.24, 2.45) is 0 Å². The normalized spacial score (nSPS) is 9.00. The molecule has 1 heterocycles. The molecule has 0 aromatic carbocycles. The van der Waals surface area contributed by atoms with Crippen molar-refractivity contribution >= 4 is 31.9 Å². The van der Waals surface area contributed by atoms with Gasteiger partial charge in [-0.05, 0) is 0 Å². The van der Waals surface area contributed by atoms with Gasteiger partial charge in [0.2, 0.25) is 0 Å². The topological polar surface area (TPSA) is 46.5 Å². The van der Waals surface area contributed by atoms with Crippen LogP contribution in [0.1, 0.15) is 0 Å². The van der Waals surface area contributed by atoms with E-state index in [4.69, 9.17) is 3.44 Å². The van der Waals surface area contributed by atoms with Gasteiger partial charge in [-0.15, -0.1) is 0 Å². The molecule has 0 saturated heterocycles. The molecule has 0 bridgehead atoms. The number of rotatable bonds is 2. The molecule has 0 atom stereocenters. The molecule has 1 aromatic rings. The van der Waals surface area contributed by atoms with Crippen molar-refractivity contribution in [3.8, 4) is 5.06 Å². The minimum atomic E-state index is -3.58. The van der Waals surface area contributed by atoms with Crippen LogP contribution in [0, 0.1) is 0 Å². The third-order valence-electron chi connectivity index (χ3n) is 0.683. The molecule has 0 spiro atoms. The first-order valence-electron chi connectivity index (χ1n) is 2.23. The van der Waals surface area contributed by atoms with Crippen molar-refractivity contribution in [1.82, 2.24) is 0 Å². The van der Waals surface area contributed by atoms with Gasteiger partial charge in [-0.3, -0.25) is 0 Å². The average molecular weight is 251 g/mol. The first-order chi connectivity index (χ1) is 4.29. The Morgan fingerprint density at radius 3 is 3.00 bits per heavy atom. The summed E-state index contributed by atoms with van der Waals surface area (Å²) in [6.45, 7) is 0. The third kappa shape index (κ3) is 2.42. The Morgan fingerprint density at radius 2 is 2.56 bits per heavy atom. The molecule has 0 aliphatic rings. The van der Waals surface area contributed by atoms with Gasteiger partial charge in [0.1, 0.15) is 0 Å². The zero-order valence-electron chi connectivity index (χ0n) is 4.40. The molecule has 3 nitrogen and oxygen atoms in total. The predicted molar refractivity (Wildman–Crippen MR) is 33.6 cm³/mol. The Morgan fingerprint density at radius 1 is 1.78 bits per heavy atom. The van der Waals surface area contributed by atoms with E-state index in [1.165, 1.54) is 11.3 Å². The molecule has 5 heteroatoms. The number of hydrogen-bond acceptors (Lipinski definition) is 3. The van der Waals surface area contributed by atoms with Gasteiger partial charge in [0.15, 0.2) is 0 Å². The third-order valence-corrected chi connectivity index (χ3v) is 2.98. The van der Waals surface area contributed by atoms with Gasteiger partial charge in [0.25, 0.3) is 0 Å². The standard InChI is InChI=1S/C4H4OS.H2O.O.Sn/c5-4-2-1-3-6-4;;;/h1-3,5H;1H2;;/q;;;+2/p-2. The fourth-order valence-electron chi connectivity index (χ4n) is 0.408. The first kappa shape index (κ1) is 7.17. The average Bonchev–Trinajstić information content (AvgIpc) is 2.15. The minimum absolute atomic E-state index is 0.530. The molecule has 0 aliphatic heterocycles. The predicted octanol–water partition coefficient (Wildman–Crippen LogP) is 0.535. The Hall–Kier alpha value is 0.0587. The summed E-state index contributed by atoms with van der Waals surface area (Å²) < 4.78 is 23.1. The summed E-state index contributed by atoms with van der Waals surface area (Å²) in [7, 11) is 0. The molecule has 1 aromatic heterocycles. The fraction of sp³-hybridized carbons (Fsp3) is 0. The number of hydrogen-bond donors (Lipinski definition) is 1. The zero-order valence-corrected chi connectivity index (χ0v) is 8.07. The fourth-order valence-corrected chi connectivity index (χ4v) is 2.48. The molecule has 48 valence electrons. The Kier molecular flexibility index (Phi) is 2.62. The van der Waals surface area contributed by atoms with Crippen molar-refractivity contribution in [2.75, 3.05) is 0 Å². The van der Waals surface area contributed by atoms with E-state index in [0.29, 0.717) is 5.06 Å². The summed E-state index contributed by atoms with van der Waals surface area (Å²) in [5.74, 6) is 0. The van der Waals surface area contributed by atoms with Crippen LogP contribution in [0.25, 0.3) is 0 Å². The van der Waals surface area contributed by atoms with E-state index >= 15 is 0 Å². The van der Waals surface area contributed by atoms with E-state index in [1.807, 2.05) is 0 Å². The summed E-state index contributed by atoms with van der Waals surface area (Å²) in [5, 5.41) is 2.32. The van der Waals surface area contributed by atoms with E-state index in [0.717, 1.165) is 0 Å². The second kappa shape index (κ2) is 3.28. The SMILES string of the molecule is [O]=[Sn]([OH])[O]c1cccs1. The Balaban J connectivity index is 2.58. The van der Waals surface area contributed by atoms with E-state index in [2.05, 4.69) is 3.07 Å². The second-order valence-corrected chi connectivity index (χ2v) is 4.31. The zero-order chi connectivity index (χ0) is 6.69. The van der Waals surface area contributed by atoms with Gasteiger partial charge in [-0.1, -0.05) is 0 Å². The van der Waals surface area contributed by atoms with Gasteiger partial charge >= 0.3 is 64.1 Å². The van der Waals surface area contributed by atoms with Crippen molar-refractivity contribution in [3.05, 3.63) is 17.5 Å². The van der Waals surface area contributed by atoms with Crippen molar-refractivity contribution in [3.63, 3.8) is 0 Å². The summed E-state index contributed by atoms with van der Waals surface area (Å²) in [6, 6.07) is 3.44. The van der Waals surface area contributed by atoms with Crippen molar-refractivity contribution in [1.29, 1.82) is 0 Å². The summed E-state index contributed by atoms with van der Waals surface area (Å²) in [5.41, 5.74) is 0. The first-order valence-corrected chi connectivity index (χ1v) is 6.72. The molecule has 0 radical (unpaired) electrons. The van der Waals surface area contributed by atoms with E-state index in [-0.39, 0.29) is 0 Å². The molecular weight excluding hydrogens is 247 g/mol. The van der Waals surface area contributed by atoms with Gasteiger partial charge in [-0.2, -0.15) is 0 Å². The molecule has 9 heavy (non-hydrogen) atoms. The van der Waals surface area contributed by atoms with E-state index in [1.54, 1.807) is 17.5 Å². The van der Waals surface area contributed by atoms with Crippen LogP contribution in [0.4, 0.5) is 0 Å². The van der Waals surface area contributed by atoms with Crippen LogP contribution in [-0.4, -0.2) is 24.0 Å². The Bertz CT molecular complexity index is 196. The van der Waals surface area contributed by atoms with E-state index < -0.39 is 20.6 Å². The molecule has 0 unspecified atom stereocenters. The van der Waals surface area contributed by atoms with Gasteiger partial charge in [0.05, 0.1) is 0 Å². The molecule has 0 amide bonds.